The first-order valence-electron chi connectivity index (χ1n) is 9.46. The van der Waals surface area contributed by atoms with Crippen molar-refractivity contribution in [3.8, 4) is 11.4 Å². The topological polar surface area (TPSA) is 102 Å². The number of carbonyl (C=O) groups excluding carboxylic acids is 2. The van der Waals surface area contributed by atoms with Crippen LogP contribution >= 0.6 is 0 Å². The fraction of sp³-hybridized carbons (Fsp3) is 0.182. The molecule has 1 unspecified atom stereocenters. The first kappa shape index (κ1) is 19.4. The molecule has 1 atom stereocenters. The van der Waals surface area contributed by atoms with E-state index in [1.165, 1.54) is 6.07 Å². The molecule has 1 aromatic heterocycles. The summed E-state index contributed by atoms with van der Waals surface area (Å²) in [5.41, 5.74) is 2.04. The van der Waals surface area contributed by atoms with Crippen molar-refractivity contribution >= 4 is 17.5 Å². The second-order valence-corrected chi connectivity index (χ2v) is 7.03. The Morgan fingerprint density at radius 3 is 2.70 bits per heavy atom. The Hall–Kier alpha value is -3.94. The molecule has 8 nitrogen and oxygen atoms in total. The quantitative estimate of drug-likeness (QED) is 0.695. The Morgan fingerprint density at radius 2 is 1.93 bits per heavy atom. The molecule has 0 fully saturated rings. The van der Waals surface area contributed by atoms with Gasteiger partial charge in [0.1, 0.15) is 5.75 Å². The number of aryl methyl sites for hydroxylation is 1. The summed E-state index contributed by atoms with van der Waals surface area (Å²) < 4.78 is 6.91. The van der Waals surface area contributed by atoms with Crippen LogP contribution in [0.25, 0.3) is 5.69 Å². The SMILES string of the molecule is Cc1cc(=O)c(C(=O)NC(C)c2ccc3c(c2)NC(=O)CO3)nn1-c1ccccc1. The second-order valence-electron chi connectivity index (χ2n) is 7.03. The average Bonchev–Trinajstić information content (AvgIpc) is 2.73. The van der Waals surface area contributed by atoms with Crippen LogP contribution in [0.3, 0.4) is 0 Å². The molecule has 1 aliphatic heterocycles. The number of ether oxygens (including phenoxy) is 1. The van der Waals surface area contributed by atoms with E-state index in [9.17, 15) is 14.4 Å². The van der Waals surface area contributed by atoms with Crippen molar-refractivity contribution in [2.75, 3.05) is 11.9 Å². The molecule has 0 aliphatic carbocycles. The highest BCUT2D eigenvalue weighted by Gasteiger charge is 2.21. The molecule has 8 heteroatoms. The number of amides is 2. The fourth-order valence-corrected chi connectivity index (χ4v) is 3.25. The van der Waals surface area contributed by atoms with E-state index in [1.54, 1.807) is 36.7 Å². The van der Waals surface area contributed by atoms with Crippen LogP contribution in [0.1, 0.15) is 34.7 Å². The third kappa shape index (κ3) is 3.80. The highest BCUT2D eigenvalue weighted by molar-refractivity contribution is 5.95. The van der Waals surface area contributed by atoms with Crippen LogP contribution in [-0.4, -0.2) is 28.2 Å². The van der Waals surface area contributed by atoms with Crippen LogP contribution in [0, 0.1) is 6.92 Å². The average molecular weight is 404 g/mol. The summed E-state index contributed by atoms with van der Waals surface area (Å²) in [5, 5.41) is 9.82. The van der Waals surface area contributed by atoms with E-state index < -0.39 is 17.4 Å². The monoisotopic (exact) mass is 404 g/mol. The largest absolute Gasteiger partial charge is 0.482 e. The van der Waals surface area contributed by atoms with Crippen molar-refractivity contribution < 1.29 is 14.3 Å². The minimum Gasteiger partial charge on any atom is -0.482 e. The zero-order valence-corrected chi connectivity index (χ0v) is 16.5. The number of hydrogen-bond donors (Lipinski definition) is 2. The van der Waals surface area contributed by atoms with Crippen molar-refractivity contribution in [2.45, 2.75) is 19.9 Å². The van der Waals surface area contributed by atoms with Crippen molar-refractivity contribution in [3.05, 3.63) is 81.8 Å². The van der Waals surface area contributed by atoms with Gasteiger partial charge in [-0.2, -0.15) is 5.10 Å². The van der Waals surface area contributed by atoms with E-state index in [-0.39, 0.29) is 18.2 Å². The number of nitrogens with one attached hydrogen (secondary N) is 2. The molecule has 2 amide bonds. The van der Waals surface area contributed by atoms with Gasteiger partial charge >= 0.3 is 0 Å². The summed E-state index contributed by atoms with van der Waals surface area (Å²) >= 11 is 0. The van der Waals surface area contributed by atoms with Gasteiger partial charge in [0.15, 0.2) is 12.3 Å². The number of hydrogen-bond acceptors (Lipinski definition) is 5. The number of carbonyl (C=O) groups is 2. The van der Waals surface area contributed by atoms with Crippen LogP contribution in [0.2, 0.25) is 0 Å². The van der Waals surface area contributed by atoms with Gasteiger partial charge in [0.25, 0.3) is 11.8 Å². The Kier molecular flexibility index (Phi) is 5.05. The number of nitrogens with zero attached hydrogens (tertiary/aromatic N) is 2. The predicted molar refractivity (Wildman–Crippen MR) is 111 cm³/mol. The molecule has 2 aromatic carbocycles. The van der Waals surface area contributed by atoms with Crippen LogP contribution in [-0.2, 0) is 4.79 Å². The van der Waals surface area contributed by atoms with Gasteiger partial charge in [0.05, 0.1) is 17.4 Å². The predicted octanol–water partition coefficient (Wildman–Crippen LogP) is 2.36. The van der Waals surface area contributed by atoms with Crippen molar-refractivity contribution in [1.82, 2.24) is 15.1 Å². The summed E-state index contributed by atoms with van der Waals surface area (Å²) in [5.74, 6) is -0.236. The molecule has 0 saturated heterocycles. The Labute approximate surface area is 172 Å². The maximum absolute atomic E-state index is 12.8. The third-order valence-electron chi connectivity index (χ3n) is 4.81. The van der Waals surface area contributed by atoms with Crippen molar-refractivity contribution in [1.29, 1.82) is 0 Å². The van der Waals surface area contributed by atoms with Gasteiger partial charge in [0.2, 0.25) is 5.43 Å². The summed E-state index contributed by atoms with van der Waals surface area (Å²) in [6.07, 6.45) is 0. The fourth-order valence-electron chi connectivity index (χ4n) is 3.25. The minimum absolute atomic E-state index is 0.0224. The van der Waals surface area contributed by atoms with Crippen LogP contribution in [0.15, 0.2) is 59.4 Å². The molecule has 2 heterocycles. The van der Waals surface area contributed by atoms with Gasteiger partial charge in [-0.1, -0.05) is 24.3 Å². The van der Waals surface area contributed by atoms with Crippen molar-refractivity contribution in [3.63, 3.8) is 0 Å². The van der Waals surface area contributed by atoms with E-state index in [1.807, 2.05) is 30.3 Å². The zero-order chi connectivity index (χ0) is 21.3. The van der Waals surface area contributed by atoms with Gasteiger partial charge in [0, 0.05) is 11.8 Å². The van der Waals surface area contributed by atoms with E-state index in [4.69, 9.17) is 4.74 Å². The summed E-state index contributed by atoms with van der Waals surface area (Å²) in [6.45, 7) is 3.52. The molecular formula is C22H20N4O4. The normalized spacial score (nSPS) is 13.6. The molecule has 1 aliphatic rings. The maximum Gasteiger partial charge on any atom is 0.276 e. The summed E-state index contributed by atoms with van der Waals surface area (Å²) in [6, 6.07) is 15.5. The van der Waals surface area contributed by atoms with Crippen LogP contribution in [0.4, 0.5) is 5.69 Å². The molecule has 3 aromatic rings. The van der Waals surface area contributed by atoms with Gasteiger partial charge in [-0.15, -0.1) is 0 Å². The molecule has 4 rings (SSSR count). The Bertz CT molecular complexity index is 1190. The Morgan fingerprint density at radius 1 is 1.17 bits per heavy atom. The number of para-hydroxylation sites is 1. The smallest absolute Gasteiger partial charge is 0.276 e. The molecule has 0 saturated carbocycles. The van der Waals surface area contributed by atoms with E-state index in [2.05, 4.69) is 15.7 Å². The lowest BCUT2D eigenvalue weighted by Gasteiger charge is -2.21. The van der Waals surface area contributed by atoms with Gasteiger partial charge in [-0.05, 0) is 43.7 Å². The highest BCUT2D eigenvalue weighted by atomic mass is 16.5. The number of aromatic nitrogens is 2. The molecular weight excluding hydrogens is 384 g/mol. The van der Waals surface area contributed by atoms with Gasteiger partial charge in [-0.25, -0.2) is 4.68 Å². The lowest BCUT2D eigenvalue weighted by Crippen LogP contribution is -2.33. The van der Waals surface area contributed by atoms with Crippen LogP contribution in [0.5, 0.6) is 5.75 Å². The molecule has 0 radical (unpaired) electrons. The maximum atomic E-state index is 12.8. The van der Waals surface area contributed by atoms with Crippen LogP contribution < -0.4 is 20.8 Å². The minimum atomic E-state index is -0.574. The standard InChI is InChI=1S/C22H20N4O4/c1-13-10-18(27)21(25-26(13)16-6-4-3-5-7-16)22(29)23-14(2)15-8-9-19-17(11-15)24-20(28)12-30-19/h3-11,14H,12H2,1-2H3,(H,23,29)(H,24,28). The first-order valence-corrected chi connectivity index (χ1v) is 9.46. The Balaban J connectivity index is 1.59. The summed E-state index contributed by atoms with van der Waals surface area (Å²) in [4.78, 5) is 36.7. The zero-order valence-electron chi connectivity index (χ0n) is 16.5. The first-order chi connectivity index (χ1) is 14.4. The van der Waals surface area contributed by atoms with E-state index in [0.29, 0.717) is 17.1 Å². The van der Waals surface area contributed by atoms with Gasteiger partial charge in [-0.3, -0.25) is 14.4 Å². The second kappa shape index (κ2) is 7.82. The number of rotatable bonds is 4. The van der Waals surface area contributed by atoms with E-state index >= 15 is 0 Å². The van der Waals surface area contributed by atoms with Gasteiger partial charge < -0.3 is 15.4 Å². The third-order valence-corrected chi connectivity index (χ3v) is 4.81. The molecule has 2 N–H and O–H groups in total. The van der Waals surface area contributed by atoms with Crippen molar-refractivity contribution in [2.24, 2.45) is 0 Å². The lowest BCUT2D eigenvalue weighted by molar-refractivity contribution is -0.118. The molecule has 152 valence electrons. The lowest BCUT2D eigenvalue weighted by atomic mass is 10.1. The molecule has 0 bridgehead atoms. The highest BCUT2D eigenvalue weighted by Crippen LogP contribution is 2.30. The van der Waals surface area contributed by atoms with E-state index in [0.717, 1.165) is 11.3 Å². The molecule has 30 heavy (non-hydrogen) atoms. The number of benzene rings is 2. The number of anilines is 1. The number of fused-ring (bicyclic) bond motifs is 1. The molecule has 0 spiro atoms. The summed E-state index contributed by atoms with van der Waals surface area (Å²) in [7, 11) is 0.